The zero-order chi connectivity index (χ0) is 21.2. The number of ether oxygens (including phenoxy) is 1. The number of halogens is 1. The molecule has 9 heteroatoms. The Morgan fingerprint density at radius 3 is 2.34 bits per heavy atom. The highest BCUT2D eigenvalue weighted by Crippen LogP contribution is 2.24. The molecule has 0 unspecified atom stereocenters. The van der Waals surface area contributed by atoms with Crippen LogP contribution >= 0.6 is 11.6 Å². The van der Waals surface area contributed by atoms with E-state index in [1.807, 2.05) is 0 Å². The predicted octanol–water partition coefficient (Wildman–Crippen LogP) is 2.72. The van der Waals surface area contributed by atoms with Gasteiger partial charge in [-0.05, 0) is 48.9 Å². The molecule has 0 radical (unpaired) electrons. The van der Waals surface area contributed by atoms with Crippen molar-refractivity contribution >= 4 is 33.5 Å². The third-order valence-electron chi connectivity index (χ3n) is 4.73. The molecule has 1 amide bonds. The Morgan fingerprint density at radius 1 is 1.03 bits per heavy atom. The molecular formula is C20H21ClN2O5S. The van der Waals surface area contributed by atoms with Crippen LogP contribution in [0.25, 0.3) is 0 Å². The Bertz CT molecular complexity index is 1050. The summed E-state index contributed by atoms with van der Waals surface area (Å²) in [6, 6.07) is 10.6. The Kier molecular flexibility index (Phi) is 6.26. The summed E-state index contributed by atoms with van der Waals surface area (Å²) >= 11 is 5.91. The maximum atomic E-state index is 12.9. The quantitative estimate of drug-likeness (QED) is 0.543. The Hall–Kier alpha value is -2.42. The number of hydrogen-bond acceptors (Lipinski definition) is 5. The number of hydrogen-bond donors (Lipinski definition) is 0. The van der Waals surface area contributed by atoms with Crippen molar-refractivity contribution in [3.63, 3.8) is 0 Å². The fourth-order valence-corrected chi connectivity index (χ4v) is 4.76. The topological polar surface area (TPSA) is 84.0 Å². The fraction of sp³-hybridized carbons (Fsp3) is 0.300. The van der Waals surface area contributed by atoms with Crippen LogP contribution in [0, 0.1) is 6.92 Å². The second-order valence-corrected chi connectivity index (χ2v) is 9.11. The van der Waals surface area contributed by atoms with Crippen molar-refractivity contribution < 1.29 is 22.7 Å². The minimum Gasteiger partial charge on any atom is -0.423 e. The van der Waals surface area contributed by atoms with Gasteiger partial charge in [-0.1, -0.05) is 17.7 Å². The highest BCUT2D eigenvalue weighted by molar-refractivity contribution is 7.89. The van der Waals surface area contributed by atoms with Crippen LogP contribution in [-0.4, -0.2) is 55.7 Å². The molecular weight excluding hydrogens is 416 g/mol. The van der Waals surface area contributed by atoms with E-state index >= 15 is 0 Å². The van der Waals surface area contributed by atoms with Gasteiger partial charge in [0.25, 0.3) is 0 Å². The van der Waals surface area contributed by atoms with Crippen LogP contribution in [-0.2, 0) is 14.8 Å². The van der Waals surface area contributed by atoms with E-state index in [1.165, 1.54) is 35.5 Å². The molecule has 1 aliphatic rings. The van der Waals surface area contributed by atoms with E-state index in [1.54, 1.807) is 30.0 Å². The van der Waals surface area contributed by atoms with Crippen LogP contribution in [0.4, 0.5) is 0 Å². The first-order valence-corrected chi connectivity index (χ1v) is 10.8. The highest BCUT2D eigenvalue weighted by atomic mass is 35.5. The van der Waals surface area contributed by atoms with Crippen LogP contribution in [0.3, 0.4) is 0 Å². The van der Waals surface area contributed by atoms with Gasteiger partial charge in [0.15, 0.2) is 0 Å². The molecule has 0 saturated carbocycles. The van der Waals surface area contributed by atoms with E-state index in [2.05, 4.69) is 0 Å². The third-order valence-corrected chi connectivity index (χ3v) is 6.86. The van der Waals surface area contributed by atoms with Gasteiger partial charge in [-0.2, -0.15) is 4.31 Å². The number of aryl methyl sites for hydroxylation is 1. The van der Waals surface area contributed by atoms with E-state index in [-0.39, 0.29) is 29.5 Å². The summed E-state index contributed by atoms with van der Waals surface area (Å²) in [5.74, 6) is -0.383. The number of benzene rings is 2. The zero-order valence-corrected chi connectivity index (χ0v) is 17.7. The molecule has 2 aromatic carbocycles. The van der Waals surface area contributed by atoms with Crippen molar-refractivity contribution in [2.75, 3.05) is 26.2 Å². The lowest BCUT2D eigenvalue weighted by Gasteiger charge is -2.33. The van der Waals surface area contributed by atoms with Crippen molar-refractivity contribution in [1.82, 2.24) is 9.21 Å². The van der Waals surface area contributed by atoms with Gasteiger partial charge in [-0.25, -0.2) is 13.2 Å². The number of carbonyl (C=O) groups is 2. The average Bonchev–Trinajstić information content (AvgIpc) is 2.70. The standard InChI is InChI=1S/C20H21ClN2O5S/c1-14-12-17(21)6-7-19(14)28-20(25)16-4-3-5-18(13-16)29(26,27)23-10-8-22(9-11-23)15(2)24/h3-7,12-13H,8-11H2,1-2H3. The molecule has 0 bridgehead atoms. The van der Waals surface area contributed by atoms with Gasteiger partial charge < -0.3 is 9.64 Å². The SMILES string of the molecule is CC(=O)N1CCN(S(=O)(=O)c2cccc(C(=O)Oc3ccc(Cl)cc3C)c2)CC1. The summed E-state index contributed by atoms with van der Waals surface area (Å²) in [5.41, 5.74) is 0.820. The summed E-state index contributed by atoms with van der Waals surface area (Å²) in [4.78, 5) is 25.6. The first-order valence-electron chi connectivity index (χ1n) is 9.02. The minimum atomic E-state index is -3.78. The number of esters is 1. The van der Waals surface area contributed by atoms with Crippen LogP contribution in [0.5, 0.6) is 5.75 Å². The number of amides is 1. The zero-order valence-electron chi connectivity index (χ0n) is 16.1. The molecule has 0 N–H and O–H groups in total. The Labute approximate surface area is 174 Å². The van der Waals surface area contributed by atoms with Gasteiger partial charge in [0.05, 0.1) is 10.5 Å². The van der Waals surface area contributed by atoms with E-state index in [0.29, 0.717) is 29.4 Å². The highest BCUT2D eigenvalue weighted by Gasteiger charge is 2.29. The summed E-state index contributed by atoms with van der Waals surface area (Å²) in [6.45, 7) is 4.32. The van der Waals surface area contributed by atoms with Crippen molar-refractivity contribution in [3.8, 4) is 5.75 Å². The van der Waals surface area contributed by atoms with Crippen molar-refractivity contribution in [3.05, 3.63) is 58.6 Å². The van der Waals surface area contributed by atoms with Crippen LogP contribution in [0.15, 0.2) is 47.4 Å². The molecule has 3 rings (SSSR count). The third kappa shape index (κ3) is 4.77. The Balaban J connectivity index is 1.78. The summed E-state index contributed by atoms with van der Waals surface area (Å²) < 4.78 is 32.6. The molecule has 7 nitrogen and oxygen atoms in total. The molecule has 1 fully saturated rings. The summed E-state index contributed by atoms with van der Waals surface area (Å²) in [5, 5.41) is 0.528. The Morgan fingerprint density at radius 2 is 1.72 bits per heavy atom. The predicted molar refractivity (Wildman–Crippen MR) is 109 cm³/mol. The minimum absolute atomic E-state index is 0.0102. The first-order chi connectivity index (χ1) is 13.7. The van der Waals surface area contributed by atoms with E-state index in [4.69, 9.17) is 16.3 Å². The molecule has 0 aliphatic carbocycles. The lowest BCUT2D eigenvalue weighted by Crippen LogP contribution is -2.49. The number of carbonyl (C=O) groups excluding carboxylic acids is 2. The van der Waals surface area contributed by atoms with Gasteiger partial charge >= 0.3 is 5.97 Å². The van der Waals surface area contributed by atoms with Crippen LogP contribution < -0.4 is 4.74 Å². The molecule has 2 aromatic rings. The van der Waals surface area contributed by atoms with Crippen LogP contribution in [0.2, 0.25) is 5.02 Å². The van der Waals surface area contributed by atoms with Gasteiger partial charge in [0, 0.05) is 38.1 Å². The number of rotatable bonds is 4. The molecule has 0 spiro atoms. The molecule has 29 heavy (non-hydrogen) atoms. The van der Waals surface area contributed by atoms with Gasteiger partial charge in [-0.15, -0.1) is 0 Å². The lowest BCUT2D eigenvalue weighted by molar-refractivity contribution is -0.129. The molecule has 1 aliphatic heterocycles. The molecule has 1 saturated heterocycles. The maximum Gasteiger partial charge on any atom is 0.343 e. The van der Waals surface area contributed by atoms with Gasteiger partial charge in [0.2, 0.25) is 15.9 Å². The molecule has 0 atom stereocenters. The number of nitrogens with zero attached hydrogens (tertiary/aromatic N) is 2. The monoisotopic (exact) mass is 436 g/mol. The second-order valence-electron chi connectivity index (χ2n) is 6.74. The maximum absolute atomic E-state index is 12.9. The average molecular weight is 437 g/mol. The summed E-state index contributed by atoms with van der Waals surface area (Å²) in [7, 11) is -3.78. The fourth-order valence-electron chi connectivity index (χ4n) is 3.06. The second kappa shape index (κ2) is 8.52. The number of piperazine rings is 1. The first kappa shape index (κ1) is 21.3. The van der Waals surface area contributed by atoms with Crippen molar-refractivity contribution in [1.29, 1.82) is 0 Å². The smallest absolute Gasteiger partial charge is 0.343 e. The molecule has 154 valence electrons. The van der Waals surface area contributed by atoms with E-state index < -0.39 is 16.0 Å². The number of sulfonamides is 1. The largest absolute Gasteiger partial charge is 0.423 e. The van der Waals surface area contributed by atoms with E-state index in [0.717, 1.165) is 0 Å². The van der Waals surface area contributed by atoms with Crippen molar-refractivity contribution in [2.45, 2.75) is 18.7 Å². The normalized spacial score (nSPS) is 15.2. The summed E-state index contributed by atoms with van der Waals surface area (Å²) in [6.07, 6.45) is 0. The van der Waals surface area contributed by atoms with Crippen molar-refractivity contribution in [2.24, 2.45) is 0 Å². The van der Waals surface area contributed by atoms with Gasteiger partial charge in [-0.3, -0.25) is 4.79 Å². The van der Waals surface area contributed by atoms with Crippen LogP contribution in [0.1, 0.15) is 22.8 Å². The lowest BCUT2D eigenvalue weighted by atomic mass is 10.2. The van der Waals surface area contributed by atoms with Gasteiger partial charge in [0.1, 0.15) is 5.75 Å². The molecule has 0 aromatic heterocycles. The molecule has 1 heterocycles. The van der Waals surface area contributed by atoms with E-state index in [9.17, 15) is 18.0 Å².